The number of thioether (sulfide) groups is 1. The van der Waals surface area contributed by atoms with Crippen LogP contribution in [0.25, 0.3) is 11.6 Å². The minimum atomic E-state index is 0.679. The van der Waals surface area contributed by atoms with Crippen LogP contribution in [0, 0.1) is 0 Å². The number of nitrogens with zero attached hydrogens (tertiary/aromatic N) is 2. The van der Waals surface area contributed by atoms with E-state index in [4.69, 9.17) is 5.73 Å². The first kappa shape index (κ1) is 8.31. The van der Waals surface area contributed by atoms with E-state index < -0.39 is 0 Å². The lowest BCUT2D eigenvalue weighted by molar-refractivity contribution is 1.23. The Balaban J connectivity index is 2.56. The molecule has 0 spiro atoms. The topological polar surface area (TPSA) is 51.3 Å². The summed E-state index contributed by atoms with van der Waals surface area (Å²) >= 11 is 1.64. The molecule has 1 aliphatic heterocycles. The molecule has 1 aromatic heterocycles. The lowest BCUT2D eigenvalue weighted by atomic mass is 10.4. The molecule has 2 rings (SSSR count). The Hall–Kier alpha value is -1.29. The van der Waals surface area contributed by atoms with Crippen molar-refractivity contribution < 1.29 is 0 Å². The maximum atomic E-state index is 5.57. The van der Waals surface area contributed by atoms with Gasteiger partial charge in [-0.05, 0) is 12.1 Å². The molecule has 0 fully saturated rings. The van der Waals surface area contributed by atoms with Gasteiger partial charge in [0.1, 0.15) is 10.9 Å². The van der Waals surface area contributed by atoms with Gasteiger partial charge < -0.3 is 5.73 Å². The molecule has 66 valence electrons. The van der Waals surface area contributed by atoms with Gasteiger partial charge in [-0.2, -0.15) is 0 Å². The maximum Gasteiger partial charge on any atom is 0.111 e. The van der Waals surface area contributed by atoms with Crippen molar-refractivity contribution in [3.8, 4) is 0 Å². The van der Waals surface area contributed by atoms with Gasteiger partial charge in [-0.25, -0.2) is 4.99 Å². The largest absolute Gasteiger partial charge is 0.386 e. The summed E-state index contributed by atoms with van der Waals surface area (Å²) in [6, 6.07) is 3.83. The zero-order chi connectivity index (χ0) is 9.26. The summed E-state index contributed by atoms with van der Waals surface area (Å²) < 4.78 is 0. The van der Waals surface area contributed by atoms with Gasteiger partial charge in [0.05, 0.1) is 11.1 Å². The van der Waals surface area contributed by atoms with Crippen molar-refractivity contribution in [2.24, 2.45) is 10.7 Å². The Labute approximate surface area is 80.1 Å². The summed E-state index contributed by atoms with van der Waals surface area (Å²) in [4.78, 5) is 8.30. The van der Waals surface area contributed by atoms with Crippen LogP contribution in [-0.4, -0.2) is 16.6 Å². The van der Waals surface area contributed by atoms with E-state index in [1.807, 2.05) is 12.1 Å². The predicted molar refractivity (Wildman–Crippen MR) is 56.5 cm³/mol. The molecule has 13 heavy (non-hydrogen) atoms. The highest BCUT2D eigenvalue weighted by atomic mass is 32.2. The van der Waals surface area contributed by atoms with E-state index in [1.54, 1.807) is 18.0 Å². The molecule has 1 aromatic rings. The summed E-state index contributed by atoms with van der Waals surface area (Å²) in [5.74, 6) is 1.46. The molecule has 1 aliphatic rings. The fraction of sp³-hybridized carbons (Fsp3) is 0.111. The Bertz CT molecular complexity index is 441. The average Bonchev–Trinajstić information content (AvgIpc) is 2.53. The van der Waals surface area contributed by atoms with Gasteiger partial charge >= 0.3 is 0 Å². The van der Waals surface area contributed by atoms with E-state index in [0.29, 0.717) is 5.84 Å². The molecule has 2 N–H and O–H groups in total. The molecule has 0 aromatic carbocycles. The van der Waals surface area contributed by atoms with Crippen molar-refractivity contribution in [1.82, 2.24) is 4.98 Å². The van der Waals surface area contributed by atoms with Gasteiger partial charge in [0.15, 0.2) is 0 Å². The summed E-state index contributed by atoms with van der Waals surface area (Å²) in [5.41, 5.74) is 5.57. The third-order valence-corrected chi connectivity index (χ3v) is 2.71. The predicted octanol–water partition coefficient (Wildman–Crippen LogP) is -0.338. The van der Waals surface area contributed by atoms with Crippen LogP contribution in [0.5, 0.6) is 0 Å². The molecule has 0 unspecified atom stereocenters. The first-order valence-corrected chi connectivity index (χ1v) is 4.85. The molecule has 0 saturated heterocycles. The third-order valence-electron chi connectivity index (χ3n) is 1.67. The summed E-state index contributed by atoms with van der Waals surface area (Å²) in [6.07, 6.45) is 1.77. The van der Waals surface area contributed by atoms with Crippen LogP contribution in [-0.2, 0) is 0 Å². The molecule has 0 bridgehead atoms. The van der Waals surface area contributed by atoms with Crippen molar-refractivity contribution >= 4 is 29.2 Å². The summed E-state index contributed by atoms with van der Waals surface area (Å²) in [6.45, 7) is 3.72. The summed E-state index contributed by atoms with van der Waals surface area (Å²) in [5, 5.41) is 2.73. The monoisotopic (exact) mass is 191 g/mol. The fourth-order valence-electron chi connectivity index (χ4n) is 1.04. The first-order valence-electron chi connectivity index (χ1n) is 3.87. The van der Waals surface area contributed by atoms with Crippen LogP contribution in [0.2, 0.25) is 0 Å². The number of nitrogens with two attached hydrogens (primary N) is 1. The second-order valence-corrected chi connectivity index (χ2v) is 3.70. The highest BCUT2D eigenvalue weighted by Gasteiger charge is 2.08. The number of rotatable bonds is 0. The van der Waals surface area contributed by atoms with Gasteiger partial charge in [0, 0.05) is 11.4 Å². The second kappa shape index (κ2) is 3.22. The van der Waals surface area contributed by atoms with E-state index in [1.165, 1.54) is 0 Å². The van der Waals surface area contributed by atoms with Gasteiger partial charge in [-0.1, -0.05) is 18.3 Å². The van der Waals surface area contributed by atoms with Gasteiger partial charge in [0.2, 0.25) is 0 Å². The second-order valence-electron chi connectivity index (χ2n) is 2.74. The quantitative estimate of drug-likeness (QED) is 0.610. The Morgan fingerprint density at radius 1 is 1.46 bits per heavy atom. The molecule has 3 nitrogen and oxygen atoms in total. The number of aliphatic imine (C=N–C) groups is 1. The fourth-order valence-corrected chi connectivity index (χ4v) is 1.85. The minimum Gasteiger partial charge on any atom is -0.386 e. The lowest BCUT2D eigenvalue weighted by Gasteiger charge is -1.90. The highest BCUT2D eigenvalue weighted by molar-refractivity contribution is 8.08. The summed E-state index contributed by atoms with van der Waals surface area (Å²) in [7, 11) is 0. The smallest absolute Gasteiger partial charge is 0.111 e. The van der Waals surface area contributed by atoms with Crippen molar-refractivity contribution in [2.45, 2.75) is 0 Å². The van der Waals surface area contributed by atoms with E-state index in [9.17, 15) is 0 Å². The van der Waals surface area contributed by atoms with Gasteiger partial charge in [-0.3, -0.25) is 4.98 Å². The molecule has 0 saturated carbocycles. The third kappa shape index (κ3) is 1.72. The van der Waals surface area contributed by atoms with Gasteiger partial charge in [-0.15, -0.1) is 0 Å². The standard InChI is InChI=1S/C9H9N3S/c1-6-2-3-7(4-11-6)9-12-8(10)5-13-9/h2-4H,1,5H2,(H2,10,12)/b9-7-. The number of hydrogen-bond donors (Lipinski definition) is 1. The van der Waals surface area contributed by atoms with E-state index in [0.717, 1.165) is 21.3 Å². The molecule has 0 radical (unpaired) electrons. The highest BCUT2D eigenvalue weighted by Crippen LogP contribution is 2.22. The van der Waals surface area contributed by atoms with E-state index >= 15 is 0 Å². The number of aromatic nitrogens is 1. The molecule has 4 heteroatoms. The maximum absolute atomic E-state index is 5.57. The van der Waals surface area contributed by atoms with Crippen molar-refractivity contribution in [3.05, 3.63) is 28.9 Å². The number of amidine groups is 1. The van der Waals surface area contributed by atoms with Crippen LogP contribution >= 0.6 is 11.8 Å². The Morgan fingerprint density at radius 2 is 2.31 bits per heavy atom. The Morgan fingerprint density at radius 3 is 2.85 bits per heavy atom. The van der Waals surface area contributed by atoms with E-state index in [2.05, 4.69) is 16.6 Å². The number of pyridine rings is 1. The van der Waals surface area contributed by atoms with E-state index in [-0.39, 0.29) is 0 Å². The SMILES string of the molecule is C=c1cc/c(=C2\N=C(N)CS2)cn1. The normalized spacial score (nSPS) is 20.2. The van der Waals surface area contributed by atoms with Crippen LogP contribution in [0.15, 0.2) is 23.3 Å². The van der Waals surface area contributed by atoms with Crippen molar-refractivity contribution in [3.63, 3.8) is 0 Å². The first-order chi connectivity index (χ1) is 6.25. The molecular weight excluding hydrogens is 182 g/mol. The van der Waals surface area contributed by atoms with Crippen LogP contribution in [0.3, 0.4) is 0 Å². The van der Waals surface area contributed by atoms with Crippen LogP contribution in [0.4, 0.5) is 0 Å². The van der Waals surface area contributed by atoms with Crippen molar-refractivity contribution in [1.29, 1.82) is 0 Å². The lowest BCUT2D eigenvalue weighted by Crippen LogP contribution is -2.11. The molecule has 0 atom stereocenters. The zero-order valence-corrected chi connectivity index (χ0v) is 7.84. The van der Waals surface area contributed by atoms with Crippen LogP contribution < -0.4 is 16.3 Å². The number of hydrogen-bond acceptors (Lipinski definition) is 4. The average molecular weight is 191 g/mol. The van der Waals surface area contributed by atoms with Crippen LogP contribution in [0.1, 0.15) is 0 Å². The molecular formula is C9H9N3S. The zero-order valence-electron chi connectivity index (χ0n) is 7.03. The molecule has 0 aliphatic carbocycles. The minimum absolute atomic E-state index is 0.679. The van der Waals surface area contributed by atoms with Crippen molar-refractivity contribution in [2.75, 3.05) is 5.75 Å². The Kier molecular flexibility index (Phi) is 2.06. The molecule has 2 heterocycles. The van der Waals surface area contributed by atoms with Gasteiger partial charge in [0.25, 0.3) is 0 Å². The molecule has 0 amide bonds.